The van der Waals surface area contributed by atoms with Crippen LogP contribution < -0.4 is 0 Å². The molecule has 0 N–H and O–H groups in total. The summed E-state index contributed by atoms with van der Waals surface area (Å²) in [7, 11) is 0. The summed E-state index contributed by atoms with van der Waals surface area (Å²) in [6.45, 7) is 3.72. The highest BCUT2D eigenvalue weighted by atomic mass is 35.5. The van der Waals surface area contributed by atoms with Crippen molar-refractivity contribution in [3.05, 3.63) is 33.8 Å². The molecule has 0 radical (unpaired) electrons. The number of carbonyl (C=O) groups is 2. The molecule has 0 bridgehead atoms. The van der Waals surface area contributed by atoms with Crippen LogP contribution in [0.3, 0.4) is 0 Å². The van der Waals surface area contributed by atoms with Crippen LogP contribution >= 0.6 is 11.6 Å². The summed E-state index contributed by atoms with van der Waals surface area (Å²) in [6.07, 6.45) is 0.673. The number of hydrogen-bond donors (Lipinski definition) is 0. The third kappa shape index (κ3) is 2.57. The largest absolute Gasteiger partial charge is 0.462 e. The maximum atomic E-state index is 11.5. The van der Waals surface area contributed by atoms with E-state index >= 15 is 0 Å². The van der Waals surface area contributed by atoms with Crippen LogP contribution in [0.1, 0.15) is 33.2 Å². The first kappa shape index (κ1) is 11.7. The molecule has 15 heavy (non-hydrogen) atoms. The standard InChI is InChI=1S/C11H11ClO3/c1-3-15-11(14)9-5-8(6-13)4-7(2)10(9)12/h4-6H,3H2,1-2H3. The molecule has 1 aromatic rings. The summed E-state index contributed by atoms with van der Waals surface area (Å²) >= 11 is 5.94. The molecular weight excluding hydrogens is 216 g/mol. The molecule has 0 aliphatic rings. The molecule has 0 unspecified atom stereocenters. The number of aryl methyl sites for hydroxylation is 1. The zero-order valence-corrected chi connectivity index (χ0v) is 9.30. The Labute approximate surface area is 93.0 Å². The van der Waals surface area contributed by atoms with E-state index in [9.17, 15) is 9.59 Å². The van der Waals surface area contributed by atoms with Gasteiger partial charge >= 0.3 is 5.97 Å². The first-order valence-corrected chi connectivity index (χ1v) is 4.90. The summed E-state index contributed by atoms with van der Waals surface area (Å²) in [5, 5.41) is 0.332. The van der Waals surface area contributed by atoms with Gasteiger partial charge < -0.3 is 4.74 Å². The maximum absolute atomic E-state index is 11.5. The molecule has 0 saturated carbocycles. The van der Waals surface area contributed by atoms with Crippen molar-refractivity contribution in [2.24, 2.45) is 0 Å². The third-order valence-corrected chi connectivity index (χ3v) is 2.41. The molecule has 1 aromatic carbocycles. The fourth-order valence-corrected chi connectivity index (χ4v) is 1.41. The van der Waals surface area contributed by atoms with Crippen LogP contribution in [0.25, 0.3) is 0 Å². The Bertz CT molecular complexity index is 399. The predicted molar refractivity (Wildman–Crippen MR) is 57.5 cm³/mol. The van der Waals surface area contributed by atoms with Crippen molar-refractivity contribution in [1.82, 2.24) is 0 Å². The Balaban J connectivity index is 3.21. The molecule has 0 heterocycles. The zero-order chi connectivity index (χ0) is 11.4. The molecular formula is C11H11ClO3. The number of rotatable bonds is 3. The van der Waals surface area contributed by atoms with E-state index in [4.69, 9.17) is 16.3 Å². The van der Waals surface area contributed by atoms with Gasteiger partial charge in [0.05, 0.1) is 17.2 Å². The summed E-state index contributed by atoms with van der Waals surface area (Å²) in [5.41, 5.74) is 1.34. The number of ether oxygens (including phenoxy) is 1. The van der Waals surface area contributed by atoms with Crippen LogP contribution in [0, 0.1) is 6.92 Å². The van der Waals surface area contributed by atoms with Crippen molar-refractivity contribution < 1.29 is 14.3 Å². The van der Waals surface area contributed by atoms with Gasteiger partial charge in [-0.3, -0.25) is 4.79 Å². The second-order valence-electron chi connectivity index (χ2n) is 3.04. The van der Waals surface area contributed by atoms with E-state index < -0.39 is 5.97 Å². The number of halogens is 1. The Morgan fingerprint density at radius 3 is 2.73 bits per heavy atom. The van der Waals surface area contributed by atoms with Gasteiger partial charge in [0.2, 0.25) is 0 Å². The van der Waals surface area contributed by atoms with Gasteiger partial charge in [0.1, 0.15) is 6.29 Å². The lowest BCUT2D eigenvalue weighted by Crippen LogP contribution is -2.07. The van der Waals surface area contributed by atoms with E-state index in [-0.39, 0.29) is 12.2 Å². The lowest BCUT2D eigenvalue weighted by molar-refractivity contribution is 0.0526. The molecule has 0 aliphatic carbocycles. The van der Waals surface area contributed by atoms with Crippen LogP contribution in [0.15, 0.2) is 12.1 Å². The molecule has 3 nitrogen and oxygen atoms in total. The Kier molecular flexibility index (Phi) is 3.86. The molecule has 80 valence electrons. The first-order chi connectivity index (χ1) is 7.10. The number of esters is 1. The van der Waals surface area contributed by atoms with Crippen molar-refractivity contribution in [3.63, 3.8) is 0 Å². The molecule has 0 spiro atoms. The average molecular weight is 227 g/mol. The second-order valence-corrected chi connectivity index (χ2v) is 3.42. The van der Waals surface area contributed by atoms with Crippen molar-refractivity contribution in [1.29, 1.82) is 0 Å². The summed E-state index contributed by atoms with van der Waals surface area (Å²) in [5.74, 6) is -0.505. The highest BCUT2D eigenvalue weighted by Gasteiger charge is 2.14. The Hall–Kier alpha value is -1.35. The van der Waals surface area contributed by atoms with E-state index in [1.807, 2.05) is 0 Å². The van der Waals surface area contributed by atoms with Crippen LogP contribution in [-0.4, -0.2) is 18.9 Å². The van der Waals surface area contributed by atoms with E-state index in [1.54, 1.807) is 19.9 Å². The zero-order valence-electron chi connectivity index (χ0n) is 8.54. The summed E-state index contributed by atoms with van der Waals surface area (Å²) in [6, 6.07) is 3.05. The van der Waals surface area contributed by atoms with Crippen molar-refractivity contribution in [2.75, 3.05) is 6.61 Å². The molecule has 0 aliphatic heterocycles. The van der Waals surface area contributed by atoms with Gasteiger partial charge in [-0.25, -0.2) is 4.79 Å². The van der Waals surface area contributed by atoms with E-state index in [0.29, 0.717) is 22.4 Å². The molecule has 0 atom stereocenters. The van der Waals surface area contributed by atoms with Gasteiger partial charge in [-0.15, -0.1) is 0 Å². The smallest absolute Gasteiger partial charge is 0.339 e. The van der Waals surface area contributed by atoms with Gasteiger partial charge in [0, 0.05) is 5.56 Å². The highest BCUT2D eigenvalue weighted by molar-refractivity contribution is 6.34. The van der Waals surface area contributed by atoms with Crippen LogP contribution in [0.5, 0.6) is 0 Å². The lowest BCUT2D eigenvalue weighted by atomic mass is 10.1. The maximum Gasteiger partial charge on any atom is 0.339 e. The number of carbonyl (C=O) groups excluding carboxylic acids is 2. The molecule has 0 aromatic heterocycles. The normalized spacial score (nSPS) is 9.80. The fraction of sp³-hybridized carbons (Fsp3) is 0.273. The van der Waals surface area contributed by atoms with Crippen LogP contribution in [0.2, 0.25) is 5.02 Å². The van der Waals surface area contributed by atoms with Crippen molar-refractivity contribution >= 4 is 23.9 Å². The monoisotopic (exact) mass is 226 g/mol. The number of benzene rings is 1. The van der Waals surface area contributed by atoms with Gasteiger partial charge in [-0.05, 0) is 31.5 Å². The first-order valence-electron chi connectivity index (χ1n) is 4.52. The third-order valence-electron chi connectivity index (χ3n) is 1.91. The van der Waals surface area contributed by atoms with E-state index in [1.165, 1.54) is 6.07 Å². The van der Waals surface area contributed by atoms with Crippen molar-refractivity contribution in [2.45, 2.75) is 13.8 Å². The molecule has 0 fully saturated rings. The van der Waals surface area contributed by atoms with Gasteiger partial charge in [0.15, 0.2) is 0 Å². The van der Waals surface area contributed by atoms with Gasteiger partial charge in [0.25, 0.3) is 0 Å². The number of aldehydes is 1. The van der Waals surface area contributed by atoms with Crippen LogP contribution in [-0.2, 0) is 4.74 Å². The minimum absolute atomic E-state index is 0.237. The molecule has 0 amide bonds. The molecule has 4 heteroatoms. The number of hydrogen-bond acceptors (Lipinski definition) is 3. The minimum Gasteiger partial charge on any atom is -0.462 e. The van der Waals surface area contributed by atoms with Gasteiger partial charge in [-0.2, -0.15) is 0 Å². The highest BCUT2D eigenvalue weighted by Crippen LogP contribution is 2.22. The fourth-order valence-electron chi connectivity index (χ4n) is 1.22. The van der Waals surface area contributed by atoms with Crippen molar-refractivity contribution in [3.8, 4) is 0 Å². The Morgan fingerprint density at radius 1 is 1.53 bits per heavy atom. The SMILES string of the molecule is CCOC(=O)c1cc(C=O)cc(C)c1Cl. The van der Waals surface area contributed by atoms with Gasteiger partial charge in [-0.1, -0.05) is 11.6 Å². The summed E-state index contributed by atoms with van der Waals surface area (Å²) in [4.78, 5) is 22.1. The summed E-state index contributed by atoms with van der Waals surface area (Å²) < 4.78 is 4.82. The quantitative estimate of drug-likeness (QED) is 0.588. The van der Waals surface area contributed by atoms with Crippen LogP contribution in [0.4, 0.5) is 0 Å². The average Bonchev–Trinajstić information content (AvgIpc) is 2.22. The Morgan fingerprint density at radius 2 is 2.20 bits per heavy atom. The topological polar surface area (TPSA) is 43.4 Å². The minimum atomic E-state index is -0.505. The van der Waals surface area contributed by atoms with E-state index in [2.05, 4.69) is 0 Å². The van der Waals surface area contributed by atoms with E-state index in [0.717, 1.165) is 0 Å². The second kappa shape index (κ2) is 4.94. The lowest BCUT2D eigenvalue weighted by Gasteiger charge is -2.07. The molecule has 0 saturated heterocycles. The predicted octanol–water partition coefficient (Wildman–Crippen LogP) is 2.64. The molecule has 1 rings (SSSR count).